The van der Waals surface area contributed by atoms with Gasteiger partial charge in [-0.1, -0.05) is 0 Å². The van der Waals surface area contributed by atoms with E-state index in [2.05, 4.69) is 0 Å². The predicted octanol–water partition coefficient (Wildman–Crippen LogP) is 2.89. The fourth-order valence-corrected chi connectivity index (χ4v) is 1.22. The maximum absolute atomic E-state index is 10.4. The highest BCUT2D eigenvalue weighted by molar-refractivity contribution is 5.37. The van der Waals surface area contributed by atoms with Crippen molar-refractivity contribution in [1.82, 2.24) is 0 Å². The third kappa shape index (κ3) is 2.43. The maximum atomic E-state index is 10.4. The molecule has 1 heterocycles. The van der Waals surface area contributed by atoms with Gasteiger partial charge in [-0.3, -0.25) is 20.2 Å². The molecule has 1 aromatic heterocycles. The molecule has 0 aliphatic rings. The average molecular weight is 250 g/mol. The first kappa shape index (κ1) is 11.6. The third-order valence-corrected chi connectivity index (χ3v) is 2.01. The lowest BCUT2D eigenvalue weighted by Crippen LogP contribution is -1.88. The molecule has 0 fully saturated rings. The van der Waals surface area contributed by atoms with Crippen LogP contribution >= 0.6 is 0 Å². The van der Waals surface area contributed by atoms with Crippen LogP contribution in [0.15, 0.2) is 40.8 Å². The number of nitrogens with zero attached hydrogens (tertiary/aromatic N) is 2. The Morgan fingerprint density at radius 3 is 2.11 bits per heavy atom. The Hall–Kier alpha value is -2.90. The van der Waals surface area contributed by atoms with Crippen molar-refractivity contribution in [2.75, 3.05) is 0 Å². The first-order valence-corrected chi connectivity index (χ1v) is 4.73. The fraction of sp³-hybridized carbons (Fsp3) is 0. The van der Waals surface area contributed by atoms with E-state index in [1.807, 2.05) is 0 Å². The Morgan fingerprint density at radius 2 is 1.61 bits per heavy atom. The average Bonchev–Trinajstić information content (AvgIpc) is 2.78. The highest BCUT2D eigenvalue weighted by atomic mass is 16.7. The van der Waals surface area contributed by atoms with E-state index < -0.39 is 15.7 Å². The van der Waals surface area contributed by atoms with E-state index >= 15 is 0 Å². The Balaban J connectivity index is 2.13. The van der Waals surface area contributed by atoms with Gasteiger partial charge >= 0.3 is 5.88 Å². The number of benzene rings is 1. The van der Waals surface area contributed by atoms with Crippen molar-refractivity contribution in [2.45, 2.75) is 0 Å². The Kier molecular flexibility index (Phi) is 2.92. The van der Waals surface area contributed by atoms with E-state index in [1.54, 1.807) is 0 Å². The van der Waals surface area contributed by atoms with Gasteiger partial charge in [-0.25, -0.2) is 0 Å². The summed E-state index contributed by atoms with van der Waals surface area (Å²) in [6.45, 7) is 0. The van der Waals surface area contributed by atoms with Gasteiger partial charge in [-0.2, -0.15) is 0 Å². The summed E-state index contributed by atoms with van der Waals surface area (Å²) in [6, 6.07) is 7.69. The van der Waals surface area contributed by atoms with Crippen LogP contribution in [0.5, 0.6) is 11.7 Å². The van der Waals surface area contributed by atoms with Gasteiger partial charge in [0.15, 0.2) is 0 Å². The minimum Gasteiger partial charge on any atom is -0.426 e. The standard InChI is InChI=1S/C10H6N2O6/c13-11(14)7-1-3-8(4-2-7)17-10-6-5-9(18-10)12(15)16/h1-6H. The molecular formula is C10H6N2O6. The van der Waals surface area contributed by atoms with Gasteiger partial charge in [0.1, 0.15) is 10.7 Å². The summed E-state index contributed by atoms with van der Waals surface area (Å²) in [5.41, 5.74) is -0.0761. The molecule has 0 amide bonds. The molecule has 0 bridgehead atoms. The number of non-ortho nitro benzene ring substituents is 1. The second-order valence-electron chi connectivity index (χ2n) is 3.20. The number of ether oxygens (including phenoxy) is 1. The zero-order chi connectivity index (χ0) is 13.1. The topological polar surface area (TPSA) is 109 Å². The number of nitro groups is 2. The minimum atomic E-state index is -0.692. The first-order valence-electron chi connectivity index (χ1n) is 4.73. The summed E-state index contributed by atoms with van der Waals surface area (Å²) >= 11 is 0. The van der Waals surface area contributed by atoms with E-state index in [1.165, 1.54) is 30.3 Å². The molecule has 2 aromatic rings. The van der Waals surface area contributed by atoms with E-state index in [0.717, 1.165) is 6.07 Å². The number of hydrogen-bond donors (Lipinski definition) is 0. The molecule has 8 heteroatoms. The summed E-state index contributed by atoms with van der Waals surface area (Å²) in [6.07, 6.45) is 0. The fourth-order valence-electron chi connectivity index (χ4n) is 1.22. The summed E-state index contributed by atoms with van der Waals surface area (Å²) in [7, 11) is 0. The van der Waals surface area contributed by atoms with Gasteiger partial charge in [0.05, 0.1) is 11.0 Å². The van der Waals surface area contributed by atoms with Crippen LogP contribution in [-0.4, -0.2) is 9.85 Å². The molecule has 0 radical (unpaired) electrons. The largest absolute Gasteiger partial charge is 0.436 e. The van der Waals surface area contributed by atoms with Gasteiger partial charge in [0.25, 0.3) is 11.6 Å². The van der Waals surface area contributed by atoms with Crippen molar-refractivity contribution >= 4 is 11.6 Å². The summed E-state index contributed by atoms with van der Waals surface area (Å²) in [5, 5.41) is 20.8. The molecule has 0 unspecified atom stereocenters. The van der Waals surface area contributed by atoms with Crippen LogP contribution in [-0.2, 0) is 0 Å². The van der Waals surface area contributed by atoms with Crippen molar-refractivity contribution in [3.05, 3.63) is 56.6 Å². The van der Waals surface area contributed by atoms with E-state index in [9.17, 15) is 20.2 Å². The number of hydrogen-bond acceptors (Lipinski definition) is 6. The van der Waals surface area contributed by atoms with Crippen LogP contribution in [0.1, 0.15) is 0 Å². The summed E-state index contributed by atoms with van der Waals surface area (Å²) in [5.74, 6) is -0.215. The maximum Gasteiger partial charge on any atom is 0.436 e. The monoisotopic (exact) mass is 250 g/mol. The lowest BCUT2D eigenvalue weighted by atomic mass is 10.3. The van der Waals surface area contributed by atoms with Crippen molar-refractivity contribution in [1.29, 1.82) is 0 Å². The Morgan fingerprint density at radius 1 is 0.944 bits per heavy atom. The van der Waals surface area contributed by atoms with E-state index in [-0.39, 0.29) is 17.4 Å². The molecule has 1 aromatic carbocycles. The Bertz CT molecular complexity index is 589. The molecule has 0 aliphatic heterocycles. The molecule has 0 atom stereocenters. The summed E-state index contributed by atoms with van der Waals surface area (Å²) in [4.78, 5) is 19.6. The van der Waals surface area contributed by atoms with Gasteiger partial charge in [0.2, 0.25) is 0 Å². The van der Waals surface area contributed by atoms with Crippen LogP contribution in [0, 0.1) is 20.2 Å². The molecule has 0 aliphatic carbocycles. The van der Waals surface area contributed by atoms with Crippen molar-refractivity contribution in [3.8, 4) is 11.7 Å². The molecule has 2 rings (SSSR count). The highest BCUT2D eigenvalue weighted by Crippen LogP contribution is 2.28. The Labute approximate surface area is 99.7 Å². The molecule has 0 N–H and O–H groups in total. The highest BCUT2D eigenvalue weighted by Gasteiger charge is 2.13. The van der Waals surface area contributed by atoms with Gasteiger partial charge in [-0.15, -0.1) is 0 Å². The van der Waals surface area contributed by atoms with Crippen LogP contribution in [0.2, 0.25) is 0 Å². The molecule has 0 spiro atoms. The van der Waals surface area contributed by atoms with E-state index in [4.69, 9.17) is 9.15 Å². The van der Waals surface area contributed by atoms with Gasteiger partial charge in [-0.05, 0) is 12.1 Å². The second-order valence-corrected chi connectivity index (χ2v) is 3.20. The van der Waals surface area contributed by atoms with Gasteiger partial charge < -0.3 is 9.15 Å². The lowest BCUT2D eigenvalue weighted by molar-refractivity contribution is -0.402. The quantitative estimate of drug-likeness (QED) is 0.609. The SMILES string of the molecule is O=[N+]([O-])c1ccc(Oc2ccc([N+](=O)[O-])o2)cc1. The van der Waals surface area contributed by atoms with Crippen molar-refractivity contribution < 1.29 is 19.0 Å². The molecule has 8 nitrogen and oxygen atoms in total. The van der Waals surface area contributed by atoms with Crippen molar-refractivity contribution in [2.24, 2.45) is 0 Å². The van der Waals surface area contributed by atoms with Crippen LogP contribution in [0.3, 0.4) is 0 Å². The van der Waals surface area contributed by atoms with Crippen LogP contribution in [0.25, 0.3) is 0 Å². The number of nitro benzene ring substituents is 1. The molecule has 92 valence electrons. The number of furan rings is 1. The lowest BCUT2D eigenvalue weighted by Gasteiger charge is -2.00. The van der Waals surface area contributed by atoms with Gasteiger partial charge in [0, 0.05) is 18.2 Å². The predicted molar refractivity (Wildman–Crippen MR) is 58.5 cm³/mol. The zero-order valence-corrected chi connectivity index (χ0v) is 8.81. The molecule has 0 saturated carbocycles. The minimum absolute atomic E-state index is 0.0597. The second kappa shape index (κ2) is 4.53. The number of rotatable bonds is 4. The first-order chi connectivity index (χ1) is 8.56. The molecule has 0 saturated heterocycles. The van der Waals surface area contributed by atoms with Crippen LogP contribution < -0.4 is 4.74 Å². The molecule has 18 heavy (non-hydrogen) atoms. The van der Waals surface area contributed by atoms with E-state index in [0.29, 0.717) is 0 Å². The zero-order valence-electron chi connectivity index (χ0n) is 8.81. The van der Waals surface area contributed by atoms with Crippen LogP contribution in [0.4, 0.5) is 11.6 Å². The smallest absolute Gasteiger partial charge is 0.426 e. The third-order valence-electron chi connectivity index (χ3n) is 2.01. The van der Waals surface area contributed by atoms with Crippen molar-refractivity contribution in [3.63, 3.8) is 0 Å². The normalized spacial score (nSPS) is 10.0. The molecular weight excluding hydrogens is 244 g/mol. The summed E-state index contributed by atoms with van der Waals surface area (Å²) < 4.78 is 9.92.